The SMILES string of the molecule is CC1(C(O)C2CCCCC2)CC1. The van der Waals surface area contributed by atoms with E-state index in [1.165, 1.54) is 44.9 Å². The number of rotatable bonds is 2. The van der Waals surface area contributed by atoms with Crippen LogP contribution < -0.4 is 0 Å². The van der Waals surface area contributed by atoms with Gasteiger partial charge in [-0.2, -0.15) is 0 Å². The van der Waals surface area contributed by atoms with Gasteiger partial charge in [-0.1, -0.05) is 26.2 Å². The second-order valence-electron chi connectivity index (χ2n) is 5.00. The summed E-state index contributed by atoms with van der Waals surface area (Å²) >= 11 is 0. The van der Waals surface area contributed by atoms with Crippen LogP contribution in [0.2, 0.25) is 0 Å². The van der Waals surface area contributed by atoms with Crippen LogP contribution in [-0.2, 0) is 0 Å². The molecule has 1 N–H and O–H groups in total. The molecule has 2 fully saturated rings. The van der Waals surface area contributed by atoms with Crippen molar-refractivity contribution in [1.29, 1.82) is 0 Å². The smallest absolute Gasteiger partial charge is 0.0621 e. The highest BCUT2D eigenvalue weighted by Crippen LogP contribution is 2.51. The molecule has 1 nitrogen and oxygen atoms in total. The maximum atomic E-state index is 10.1. The maximum Gasteiger partial charge on any atom is 0.0621 e. The number of aliphatic hydroxyl groups excluding tert-OH is 1. The highest BCUT2D eigenvalue weighted by molar-refractivity contribution is 4.97. The summed E-state index contributed by atoms with van der Waals surface area (Å²) in [5, 5.41) is 10.1. The van der Waals surface area contributed by atoms with Gasteiger partial charge in [0.05, 0.1) is 6.10 Å². The van der Waals surface area contributed by atoms with Crippen LogP contribution in [0.25, 0.3) is 0 Å². The molecule has 1 unspecified atom stereocenters. The molecule has 0 aromatic heterocycles. The monoisotopic (exact) mass is 168 g/mol. The van der Waals surface area contributed by atoms with Crippen molar-refractivity contribution in [2.45, 2.75) is 58.0 Å². The zero-order chi connectivity index (χ0) is 8.60. The molecular weight excluding hydrogens is 148 g/mol. The zero-order valence-corrected chi connectivity index (χ0v) is 8.05. The summed E-state index contributed by atoms with van der Waals surface area (Å²) in [6.07, 6.45) is 9.15. The van der Waals surface area contributed by atoms with Gasteiger partial charge in [-0.25, -0.2) is 0 Å². The number of hydrogen-bond acceptors (Lipinski definition) is 1. The lowest BCUT2D eigenvalue weighted by Gasteiger charge is -2.30. The average Bonchev–Trinajstić information content (AvgIpc) is 2.85. The quantitative estimate of drug-likeness (QED) is 0.672. The van der Waals surface area contributed by atoms with E-state index in [-0.39, 0.29) is 6.10 Å². The lowest BCUT2D eigenvalue weighted by atomic mass is 9.79. The van der Waals surface area contributed by atoms with Crippen molar-refractivity contribution in [3.05, 3.63) is 0 Å². The van der Waals surface area contributed by atoms with Gasteiger partial charge in [-0.3, -0.25) is 0 Å². The highest BCUT2D eigenvalue weighted by atomic mass is 16.3. The van der Waals surface area contributed by atoms with Gasteiger partial charge in [-0.05, 0) is 37.0 Å². The summed E-state index contributed by atoms with van der Waals surface area (Å²) in [4.78, 5) is 0. The Balaban J connectivity index is 1.89. The van der Waals surface area contributed by atoms with E-state index in [0.29, 0.717) is 11.3 Å². The van der Waals surface area contributed by atoms with Gasteiger partial charge in [0.25, 0.3) is 0 Å². The first kappa shape index (κ1) is 8.55. The summed E-state index contributed by atoms with van der Waals surface area (Å²) in [7, 11) is 0. The molecule has 70 valence electrons. The lowest BCUT2D eigenvalue weighted by Crippen LogP contribution is -2.30. The fourth-order valence-electron chi connectivity index (χ4n) is 2.51. The van der Waals surface area contributed by atoms with Crippen LogP contribution in [0.15, 0.2) is 0 Å². The van der Waals surface area contributed by atoms with E-state index in [0.717, 1.165) is 0 Å². The molecule has 0 aromatic carbocycles. The minimum atomic E-state index is 0.0119. The lowest BCUT2D eigenvalue weighted by molar-refractivity contribution is 0.0284. The molecule has 1 heteroatoms. The van der Waals surface area contributed by atoms with Crippen molar-refractivity contribution >= 4 is 0 Å². The molecule has 2 aliphatic rings. The summed E-state index contributed by atoms with van der Waals surface area (Å²) < 4.78 is 0. The number of aliphatic hydroxyl groups is 1. The Kier molecular flexibility index (Phi) is 2.16. The Morgan fingerprint density at radius 1 is 1.17 bits per heavy atom. The third-order valence-electron chi connectivity index (χ3n) is 3.85. The Bertz CT molecular complexity index is 154. The van der Waals surface area contributed by atoms with Gasteiger partial charge in [0.15, 0.2) is 0 Å². The fourth-order valence-corrected chi connectivity index (χ4v) is 2.51. The van der Waals surface area contributed by atoms with Crippen molar-refractivity contribution in [2.75, 3.05) is 0 Å². The second-order valence-corrected chi connectivity index (χ2v) is 5.00. The van der Waals surface area contributed by atoms with E-state index in [9.17, 15) is 5.11 Å². The van der Waals surface area contributed by atoms with Gasteiger partial charge in [0, 0.05) is 0 Å². The molecule has 0 radical (unpaired) electrons. The third kappa shape index (κ3) is 1.52. The van der Waals surface area contributed by atoms with E-state index in [1.54, 1.807) is 0 Å². The topological polar surface area (TPSA) is 20.2 Å². The number of hydrogen-bond donors (Lipinski definition) is 1. The third-order valence-corrected chi connectivity index (χ3v) is 3.85. The van der Waals surface area contributed by atoms with E-state index < -0.39 is 0 Å². The molecule has 12 heavy (non-hydrogen) atoms. The van der Waals surface area contributed by atoms with Crippen molar-refractivity contribution in [1.82, 2.24) is 0 Å². The molecule has 2 rings (SSSR count). The first-order valence-electron chi connectivity index (χ1n) is 5.40. The molecule has 2 saturated carbocycles. The first-order valence-corrected chi connectivity index (χ1v) is 5.40. The van der Waals surface area contributed by atoms with Gasteiger partial charge in [0.2, 0.25) is 0 Å². The van der Waals surface area contributed by atoms with Crippen LogP contribution in [0.4, 0.5) is 0 Å². The highest BCUT2D eigenvalue weighted by Gasteiger charge is 2.47. The van der Waals surface area contributed by atoms with E-state index in [1.807, 2.05) is 0 Å². The molecule has 0 amide bonds. The summed E-state index contributed by atoms with van der Waals surface area (Å²) in [5.41, 5.74) is 0.321. The molecule has 2 aliphatic carbocycles. The summed E-state index contributed by atoms with van der Waals surface area (Å²) in [5.74, 6) is 0.631. The molecule has 0 bridgehead atoms. The molecule has 0 spiro atoms. The molecule has 0 saturated heterocycles. The van der Waals surface area contributed by atoms with Crippen molar-refractivity contribution in [3.63, 3.8) is 0 Å². The van der Waals surface area contributed by atoms with Gasteiger partial charge in [0.1, 0.15) is 0 Å². The van der Waals surface area contributed by atoms with Crippen LogP contribution >= 0.6 is 0 Å². The predicted octanol–water partition coefficient (Wildman–Crippen LogP) is 2.73. The van der Waals surface area contributed by atoms with Crippen LogP contribution in [0.5, 0.6) is 0 Å². The largest absolute Gasteiger partial charge is 0.392 e. The Labute approximate surface area is 75.2 Å². The zero-order valence-electron chi connectivity index (χ0n) is 8.05. The summed E-state index contributed by atoms with van der Waals surface area (Å²) in [6, 6.07) is 0. The Morgan fingerprint density at radius 3 is 2.25 bits per heavy atom. The van der Waals surface area contributed by atoms with Crippen LogP contribution in [-0.4, -0.2) is 11.2 Å². The van der Waals surface area contributed by atoms with Crippen LogP contribution in [0.3, 0.4) is 0 Å². The van der Waals surface area contributed by atoms with Crippen molar-refractivity contribution in [2.24, 2.45) is 11.3 Å². The predicted molar refractivity (Wildman–Crippen MR) is 49.9 cm³/mol. The second kappa shape index (κ2) is 3.02. The van der Waals surface area contributed by atoms with Crippen LogP contribution in [0, 0.1) is 11.3 Å². The van der Waals surface area contributed by atoms with E-state index in [4.69, 9.17) is 0 Å². The molecular formula is C11H20O. The fraction of sp³-hybridized carbons (Fsp3) is 1.00. The average molecular weight is 168 g/mol. The van der Waals surface area contributed by atoms with Gasteiger partial charge >= 0.3 is 0 Å². The van der Waals surface area contributed by atoms with Crippen LogP contribution in [0.1, 0.15) is 51.9 Å². The maximum absolute atomic E-state index is 10.1. The van der Waals surface area contributed by atoms with E-state index in [2.05, 4.69) is 6.92 Å². The summed E-state index contributed by atoms with van der Waals surface area (Å²) in [6.45, 7) is 2.24. The normalized spacial score (nSPS) is 31.5. The Morgan fingerprint density at radius 2 is 1.75 bits per heavy atom. The minimum Gasteiger partial charge on any atom is -0.392 e. The van der Waals surface area contributed by atoms with E-state index >= 15 is 0 Å². The molecule has 1 atom stereocenters. The molecule has 0 heterocycles. The van der Waals surface area contributed by atoms with Crippen molar-refractivity contribution in [3.8, 4) is 0 Å². The molecule has 0 aliphatic heterocycles. The molecule has 0 aromatic rings. The minimum absolute atomic E-state index is 0.0119. The van der Waals surface area contributed by atoms with Gasteiger partial charge in [-0.15, -0.1) is 0 Å². The first-order chi connectivity index (χ1) is 5.72. The van der Waals surface area contributed by atoms with Crippen molar-refractivity contribution < 1.29 is 5.11 Å². The standard InChI is InChI=1S/C11H20O/c1-11(7-8-11)10(12)9-5-3-2-4-6-9/h9-10,12H,2-8H2,1H3. The van der Waals surface area contributed by atoms with Gasteiger partial charge < -0.3 is 5.11 Å². The Hall–Kier alpha value is -0.0400.